The van der Waals surface area contributed by atoms with Crippen molar-refractivity contribution >= 4 is 17.8 Å². The fraction of sp³-hybridized carbons (Fsp3) is 0.786. The van der Waals surface area contributed by atoms with Gasteiger partial charge in [-0.15, -0.1) is 0 Å². The molecule has 2 amide bonds. The van der Waals surface area contributed by atoms with Crippen molar-refractivity contribution in [3.8, 4) is 0 Å². The van der Waals surface area contributed by atoms with Crippen LogP contribution in [0.4, 0.5) is 0 Å². The second-order valence-electron chi connectivity index (χ2n) is 5.69. The van der Waals surface area contributed by atoms with E-state index in [0.717, 1.165) is 25.7 Å². The highest BCUT2D eigenvalue weighted by Gasteiger charge is 2.38. The Bertz CT molecular complexity index is 420. The summed E-state index contributed by atoms with van der Waals surface area (Å²) < 4.78 is 4.76. The van der Waals surface area contributed by atoms with Gasteiger partial charge in [-0.05, 0) is 12.8 Å². The first-order chi connectivity index (χ1) is 10.0. The third-order valence-corrected chi connectivity index (χ3v) is 4.32. The summed E-state index contributed by atoms with van der Waals surface area (Å²) >= 11 is 0. The Morgan fingerprint density at radius 2 is 2.10 bits per heavy atom. The number of carbonyl (C=O) groups excluding carboxylic acids is 2. The lowest BCUT2D eigenvalue weighted by atomic mass is 10.1. The number of nitrogens with zero attached hydrogens (tertiary/aromatic N) is 1. The molecular formula is C14H22N2O5. The fourth-order valence-electron chi connectivity index (χ4n) is 3.09. The van der Waals surface area contributed by atoms with Gasteiger partial charge in [0.25, 0.3) is 0 Å². The second-order valence-corrected chi connectivity index (χ2v) is 5.69. The highest BCUT2D eigenvalue weighted by Crippen LogP contribution is 2.29. The number of hydrogen-bond donors (Lipinski definition) is 2. The van der Waals surface area contributed by atoms with E-state index in [4.69, 9.17) is 9.84 Å². The van der Waals surface area contributed by atoms with Gasteiger partial charge in [0, 0.05) is 26.1 Å². The lowest BCUT2D eigenvalue weighted by Crippen LogP contribution is -2.41. The number of ether oxygens (including phenoxy) is 1. The molecule has 2 rings (SSSR count). The number of carbonyl (C=O) groups is 3. The van der Waals surface area contributed by atoms with Crippen molar-refractivity contribution in [3.05, 3.63) is 0 Å². The van der Waals surface area contributed by atoms with Crippen LogP contribution in [0.5, 0.6) is 0 Å². The Balaban J connectivity index is 1.83. The molecular weight excluding hydrogens is 276 g/mol. The van der Waals surface area contributed by atoms with Gasteiger partial charge in [-0.2, -0.15) is 0 Å². The quantitative estimate of drug-likeness (QED) is 0.719. The van der Waals surface area contributed by atoms with E-state index in [0.29, 0.717) is 6.54 Å². The Kier molecular flexibility index (Phi) is 5.17. The fourth-order valence-corrected chi connectivity index (χ4v) is 3.09. The molecule has 0 aromatic rings. The molecule has 1 saturated carbocycles. The number of nitrogens with one attached hydrogen (secondary N) is 1. The van der Waals surface area contributed by atoms with Crippen molar-refractivity contribution in [1.82, 2.24) is 10.2 Å². The smallest absolute Gasteiger partial charge is 0.334 e. The van der Waals surface area contributed by atoms with Crippen LogP contribution in [0.3, 0.4) is 0 Å². The van der Waals surface area contributed by atoms with Crippen LogP contribution in [-0.2, 0) is 19.1 Å². The van der Waals surface area contributed by atoms with Crippen molar-refractivity contribution in [2.45, 2.75) is 44.2 Å². The van der Waals surface area contributed by atoms with Crippen molar-refractivity contribution in [2.24, 2.45) is 5.92 Å². The van der Waals surface area contributed by atoms with Gasteiger partial charge in [0.1, 0.15) is 0 Å². The van der Waals surface area contributed by atoms with Gasteiger partial charge in [-0.3, -0.25) is 9.59 Å². The molecule has 0 aromatic heterocycles. The van der Waals surface area contributed by atoms with Gasteiger partial charge in [-0.25, -0.2) is 4.79 Å². The molecule has 0 aromatic carbocycles. The standard InChI is InChI=1S/C14H22N2O5/c1-21-11(14(19)20)7-15-13(18)9-6-12(17)16(8-9)10-4-2-3-5-10/h9-11H,2-8H2,1H3,(H,15,18)(H,19,20). The van der Waals surface area contributed by atoms with Gasteiger partial charge in [0.05, 0.1) is 12.5 Å². The summed E-state index contributed by atoms with van der Waals surface area (Å²) in [6.45, 7) is 0.360. The molecule has 118 valence electrons. The maximum Gasteiger partial charge on any atom is 0.334 e. The average molecular weight is 298 g/mol. The first-order valence-electron chi connectivity index (χ1n) is 7.35. The number of carboxylic acid groups (broad SMARTS) is 1. The number of aliphatic carboxylic acids is 1. The first-order valence-corrected chi connectivity index (χ1v) is 7.35. The maximum absolute atomic E-state index is 12.1. The molecule has 2 N–H and O–H groups in total. The molecule has 1 aliphatic heterocycles. The summed E-state index contributed by atoms with van der Waals surface area (Å²) in [7, 11) is 1.28. The summed E-state index contributed by atoms with van der Waals surface area (Å²) in [4.78, 5) is 36.7. The monoisotopic (exact) mass is 298 g/mol. The zero-order valence-electron chi connectivity index (χ0n) is 12.2. The molecule has 1 saturated heterocycles. The zero-order valence-corrected chi connectivity index (χ0v) is 12.2. The molecule has 1 aliphatic carbocycles. The predicted molar refractivity (Wildman–Crippen MR) is 73.5 cm³/mol. The number of likely N-dealkylation sites (tertiary alicyclic amines) is 1. The first kappa shape index (κ1) is 15.8. The average Bonchev–Trinajstić information content (AvgIpc) is 3.07. The Morgan fingerprint density at radius 3 is 2.67 bits per heavy atom. The van der Waals surface area contributed by atoms with Crippen molar-refractivity contribution in [3.63, 3.8) is 0 Å². The molecule has 21 heavy (non-hydrogen) atoms. The lowest BCUT2D eigenvalue weighted by Gasteiger charge is -2.24. The van der Waals surface area contributed by atoms with Gasteiger partial charge >= 0.3 is 5.97 Å². The van der Waals surface area contributed by atoms with Gasteiger partial charge in [0.15, 0.2) is 6.10 Å². The van der Waals surface area contributed by atoms with Crippen LogP contribution in [0.15, 0.2) is 0 Å². The molecule has 2 fully saturated rings. The summed E-state index contributed by atoms with van der Waals surface area (Å²) in [6.07, 6.45) is 3.47. The largest absolute Gasteiger partial charge is 0.479 e. The Morgan fingerprint density at radius 1 is 1.43 bits per heavy atom. The van der Waals surface area contributed by atoms with Crippen molar-refractivity contribution in [2.75, 3.05) is 20.2 Å². The van der Waals surface area contributed by atoms with Crippen LogP contribution in [0.2, 0.25) is 0 Å². The Hall–Kier alpha value is -1.63. The number of methoxy groups -OCH3 is 1. The zero-order chi connectivity index (χ0) is 15.4. The van der Waals surface area contributed by atoms with E-state index in [1.54, 1.807) is 0 Å². The van der Waals surface area contributed by atoms with Crippen LogP contribution in [0.25, 0.3) is 0 Å². The molecule has 2 atom stereocenters. The Labute approximate surface area is 123 Å². The summed E-state index contributed by atoms with van der Waals surface area (Å²) in [5.74, 6) is -1.74. The van der Waals surface area contributed by atoms with Crippen LogP contribution < -0.4 is 5.32 Å². The molecule has 7 nitrogen and oxygen atoms in total. The number of rotatable bonds is 6. The van der Waals surface area contributed by atoms with E-state index < -0.39 is 12.1 Å². The molecule has 2 unspecified atom stereocenters. The third-order valence-electron chi connectivity index (χ3n) is 4.32. The minimum Gasteiger partial charge on any atom is -0.479 e. The van der Waals surface area contributed by atoms with E-state index in [-0.39, 0.29) is 36.7 Å². The second kappa shape index (κ2) is 6.89. The molecule has 1 heterocycles. The minimum absolute atomic E-state index is 0.0311. The van der Waals surface area contributed by atoms with E-state index >= 15 is 0 Å². The lowest BCUT2D eigenvalue weighted by molar-refractivity contribution is -0.148. The van der Waals surface area contributed by atoms with Crippen LogP contribution >= 0.6 is 0 Å². The maximum atomic E-state index is 12.1. The summed E-state index contributed by atoms with van der Waals surface area (Å²) in [5.41, 5.74) is 0. The number of amides is 2. The van der Waals surface area contributed by atoms with Crippen LogP contribution in [0, 0.1) is 5.92 Å². The highest BCUT2D eigenvalue weighted by molar-refractivity contribution is 5.89. The molecule has 0 bridgehead atoms. The van der Waals surface area contributed by atoms with Crippen LogP contribution in [-0.4, -0.2) is 60.1 Å². The third kappa shape index (κ3) is 3.72. The van der Waals surface area contributed by atoms with E-state index in [2.05, 4.69) is 5.32 Å². The molecule has 0 radical (unpaired) electrons. The molecule has 0 spiro atoms. The van der Waals surface area contributed by atoms with E-state index in [9.17, 15) is 14.4 Å². The molecule has 7 heteroatoms. The summed E-state index contributed by atoms with van der Waals surface area (Å²) in [6, 6.07) is 0.279. The van der Waals surface area contributed by atoms with E-state index in [1.807, 2.05) is 4.90 Å². The highest BCUT2D eigenvalue weighted by atomic mass is 16.5. The van der Waals surface area contributed by atoms with E-state index in [1.165, 1.54) is 7.11 Å². The number of hydrogen-bond acceptors (Lipinski definition) is 4. The van der Waals surface area contributed by atoms with Gasteiger partial charge in [0.2, 0.25) is 11.8 Å². The van der Waals surface area contributed by atoms with Gasteiger partial charge < -0.3 is 20.1 Å². The number of carboxylic acids is 1. The predicted octanol–water partition coefficient (Wildman–Crippen LogP) is -0.00670. The van der Waals surface area contributed by atoms with Crippen LogP contribution in [0.1, 0.15) is 32.1 Å². The minimum atomic E-state index is -1.12. The van der Waals surface area contributed by atoms with Crippen molar-refractivity contribution in [1.29, 1.82) is 0 Å². The SMILES string of the molecule is COC(CNC(=O)C1CC(=O)N(C2CCCC2)C1)C(=O)O. The normalized spacial score (nSPS) is 24.3. The topological polar surface area (TPSA) is 95.9 Å². The van der Waals surface area contributed by atoms with Gasteiger partial charge in [-0.1, -0.05) is 12.8 Å². The molecule has 2 aliphatic rings. The van der Waals surface area contributed by atoms with Crippen molar-refractivity contribution < 1.29 is 24.2 Å². The summed E-state index contributed by atoms with van der Waals surface area (Å²) in [5, 5.41) is 11.4.